The molecular weight excluding hydrogens is 410 g/mol. The smallest absolute Gasteiger partial charge is 0.328 e. The zero-order valence-electron chi connectivity index (χ0n) is 20.7. The van der Waals surface area contributed by atoms with E-state index < -0.39 is 18.1 Å². The molecular formula is C25H47NO6. The van der Waals surface area contributed by atoms with Crippen molar-refractivity contribution < 1.29 is 29.0 Å². The van der Waals surface area contributed by atoms with E-state index in [-0.39, 0.29) is 25.1 Å². The molecule has 0 aromatic heterocycles. The van der Waals surface area contributed by atoms with Crippen molar-refractivity contribution in [1.29, 1.82) is 0 Å². The van der Waals surface area contributed by atoms with Crippen molar-refractivity contribution >= 4 is 17.8 Å². The van der Waals surface area contributed by atoms with Gasteiger partial charge in [0.1, 0.15) is 25.4 Å². The molecule has 7 nitrogen and oxygen atoms in total. The molecule has 188 valence electrons. The SMILES string of the molecule is CCCCCCCCCCCCCCCCC(=O)OCC(O)COC(=O)[C@H](C)NC(C)=O. The second kappa shape index (κ2) is 21.2. The summed E-state index contributed by atoms with van der Waals surface area (Å²) in [5.41, 5.74) is 0. The molecule has 0 radical (unpaired) electrons. The number of nitrogens with one attached hydrogen (secondary N) is 1. The first-order valence-corrected chi connectivity index (χ1v) is 12.6. The molecule has 0 heterocycles. The number of amides is 1. The molecule has 1 unspecified atom stereocenters. The fourth-order valence-corrected chi connectivity index (χ4v) is 3.44. The van der Waals surface area contributed by atoms with Gasteiger partial charge in [-0.2, -0.15) is 0 Å². The van der Waals surface area contributed by atoms with Crippen molar-refractivity contribution in [3.8, 4) is 0 Å². The van der Waals surface area contributed by atoms with Crippen LogP contribution in [-0.4, -0.2) is 48.3 Å². The molecule has 2 N–H and O–H groups in total. The number of carbonyl (C=O) groups excluding carboxylic acids is 3. The summed E-state index contributed by atoms with van der Waals surface area (Å²) in [6, 6.07) is -0.789. The van der Waals surface area contributed by atoms with E-state index in [0.29, 0.717) is 6.42 Å². The summed E-state index contributed by atoms with van der Waals surface area (Å²) < 4.78 is 9.91. The topological polar surface area (TPSA) is 102 Å². The second-order valence-corrected chi connectivity index (χ2v) is 8.74. The summed E-state index contributed by atoms with van der Waals surface area (Å²) in [7, 11) is 0. The largest absolute Gasteiger partial charge is 0.463 e. The number of ether oxygens (including phenoxy) is 2. The van der Waals surface area contributed by atoms with Gasteiger partial charge in [0.05, 0.1) is 0 Å². The zero-order chi connectivity index (χ0) is 24.0. The Balaban J connectivity index is 3.47. The van der Waals surface area contributed by atoms with Crippen LogP contribution in [0.1, 0.15) is 117 Å². The lowest BCUT2D eigenvalue weighted by Crippen LogP contribution is -2.39. The molecule has 0 aromatic rings. The standard InChI is InChI=1S/C25H47NO6/c1-4-5-6-7-8-9-10-11-12-13-14-15-16-17-18-24(29)31-19-23(28)20-32-25(30)21(2)26-22(3)27/h21,23,28H,4-20H2,1-3H3,(H,26,27)/t21-,23?/m0/s1. The van der Waals surface area contributed by atoms with Gasteiger partial charge in [-0.25, -0.2) is 4.79 Å². The summed E-state index contributed by atoms with van der Waals surface area (Å²) in [6.07, 6.45) is 16.9. The van der Waals surface area contributed by atoms with Gasteiger partial charge in [0, 0.05) is 13.3 Å². The summed E-state index contributed by atoms with van der Waals surface area (Å²) in [4.78, 5) is 34.3. The molecule has 7 heteroatoms. The number of rotatable bonds is 21. The van der Waals surface area contributed by atoms with Gasteiger partial charge in [-0.1, -0.05) is 90.4 Å². The predicted octanol–water partition coefficient (Wildman–Crippen LogP) is 4.83. The maximum absolute atomic E-state index is 11.7. The van der Waals surface area contributed by atoms with Gasteiger partial charge < -0.3 is 19.9 Å². The highest BCUT2D eigenvalue weighted by atomic mass is 16.6. The Kier molecular flexibility index (Phi) is 20.1. The molecule has 0 fully saturated rings. The molecule has 0 aliphatic rings. The monoisotopic (exact) mass is 457 g/mol. The van der Waals surface area contributed by atoms with Gasteiger partial charge >= 0.3 is 11.9 Å². The van der Waals surface area contributed by atoms with E-state index in [4.69, 9.17) is 9.47 Å². The molecule has 0 saturated heterocycles. The maximum atomic E-state index is 11.7. The van der Waals surface area contributed by atoms with E-state index in [1.807, 2.05) is 0 Å². The molecule has 0 saturated carbocycles. The van der Waals surface area contributed by atoms with Crippen molar-refractivity contribution in [2.75, 3.05) is 13.2 Å². The van der Waals surface area contributed by atoms with Crippen LogP contribution in [0.2, 0.25) is 0 Å². The van der Waals surface area contributed by atoms with Crippen LogP contribution < -0.4 is 5.32 Å². The Morgan fingerprint density at radius 1 is 0.750 bits per heavy atom. The Labute approximate surface area is 195 Å². The minimum Gasteiger partial charge on any atom is -0.463 e. The van der Waals surface area contributed by atoms with Gasteiger partial charge in [0.15, 0.2) is 0 Å². The number of aliphatic hydroxyl groups is 1. The van der Waals surface area contributed by atoms with Crippen LogP contribution in [0.5, 0.6) is 0 Å². The third-order valence-corrected chi connectivity index (χ3v) is 5.36. The van der Waals surface area contributed by atoms with Crippen molar-refractivity contribution in [2.24, 2.45) is 0 Å². The Hall–Kier alpha value is -1.63. The highest BCUT2D eigenvalue weighted by Gasteiger charge is 2.17. The molecule has 0 aromatic carbocycles. The Bertz CT molecular complexity index is 497. The van der Waals surface area contributed by atoms with Crippen LogP contribution in [0.25, 0.3) is 0 Å². The molecule has 0 bridgehead atoms. The quantitative estimate of drug-likeness (QED) is 0.189. The lowest BCUT2D eigenvalue weighted by molar-refractivity contribution is -0.154. The predicted molar refractivity (Wildman–Crippen MR) is 126 cm³/mol. The summed E-state index contributed by atoms with van der Waals surface area (Å²) in [6.45, 7) is 4.55. The number of hydrogen-bond donors (Lipinski definition) is 2. The highest BCUT2D eigenvalue weighted by molar-refractivity contribution is 5.82. The lowest BCUT2D eigenvalue weighted by Gasteiger charge is -2.15. The number of esters is 2. The van der Waals surface area contributed by atoms with Crippen LogP contribution in [0, 0.1) is 0 Å². The number of aliphatic hydroxyl groups excluding tert-OH is 1. The van der Waals surface area contributed by atoms with E-state index in [1.165, 1.54) is 84.5 Å². The number of carbonyl (C=O) groups is 3. The third-order valence-electron chi connectivity index (χ3n) is 5.36. The van der Waals surface area contributed by atoms with E-state index in [9.17, 15) is 19.5 Å². The average molecular weight is 458 g/mol. The third kappa shape index (κ3) is 20.3. The first-order chi connectivity index (χ1) is 15.4. The van der Waals surface area contributed by atoms with E-state index in [2.05, 4.69) is 12.2 Å². The fraction of sp³-hybridized carbons (Fsp3) is 0.880. The second-order valence-electron chi connectivity index (χ2n) is 8.74. The van der Waals surface area contributed by atoms with Crippen molar-refractivity contribution in [3.05, 3.63) is 0 Å². The maximum Gasteiger partial charge on any atom is 0.328 e. The fourth-order valence-electron chi connectivity index (χ4n) is 3.44. The first kappa shape index (κ1) is 30.4. The molecule has 0 aliphatic carbocycles. The van der Waals surface area contributed by atoms with Crippen LogP contribution in [-0.2, 0) is 23.9 Å². The average Bonchev–Trinajstić information content (AvgIpc) is 2.75. The number of unbranched alkanes of at least 4 members (excludes halogenated alkanes) is 13. The summed E-state index contributed by atoms with van der Waals surface area (Å²) >= 11 is 0. The lowest BCUT2D eigenvalue weighted by atomic mass is 10.0. The van der Waals surface area contributed by atoms with E-state index in [1.54, 1.807) is 0 Å². The van der Waals surface area contributed by atoms with Gasteiger partial charge in [0.25, 0.3) is 0 Å². The molecule has 0 aliphatic heterocycles. The summed E-state index contributed by atoms with van der Waals surface area (Å²) in [5.74, 6) is -1.33. The Morgan fingerprint density at radius 2 is 1.19 bits per heavy atom. The Morgan fingerprint density at radius 3 is 1.66 bits per heavy atom. The normalized spacial score (nSPS) is 12.8. The van der Waals surface area contributed by atoms with Crippen LogP contribution in [0.4, 0.5) is 0 Å². The molecule has 2 atom stereocenters. The van der Waals surface area contributed by atoms with E-state index in [0.717, 1.165) is 19.3 Å². The highest BCUT2D eigenvalue weighted by Crippen LogP contribution is 2.13. The van der Waals surface area contributed by atoms with Crippen LogP contribution in [0.15, 0.2) is 0 Å². The number of hydrogen-bond acceptors (Lipinski definition) is 6. The van der Waals surface area contributed by atoms with E-state index >= 15 is 0 Å². The van der Waals surface area contributed by atoms with Crippen molar-refractivity contribution in [1.82, 2.24) is 5.32 Å². The van der Waals surface area contributed by atoms with Gasteiger partial charge in [-0.05, 0) is 13.3 Å². The molecule has 32 heavy (non-hydrogen) atoms. The molecule has 0 spiro atoms. The van der Waals surface area contributed by atoms with Gasteiger partial charge in [0.2, 0.25) is 5.91 Å². The van der Waals surface area contributed by atoms with Gasteiger partial charge in [-0.15, -0.1) is 0 Å². The van der Waals surface area contributed by atoms with Crippen molar-refractivity contribution in [2.45, 2.75) is 129 Å². The van der Waals surface area contributed by atoms with Crippen LogP contribution >= 0.6 is 0 Å². The minimum atomic E-state index is -1.08. The van der Waals surface area contributed by atoms with Crippen LogP contribution in [0.3, 0.4) is 0 Å². The van der Waals surface area contributed by atoms with Gasteiger partial charge in [-0.3, -0.25) is 9.59 Å². The minimum absolute atomic E-state index is 0.209. The van der Waals surface area contributed by atoms with Crippen molar-refractivity contribution in [3.63, 3.8) is 0 Å². The summed E-state index contributed by atoms with van der Waals surface area (Å²) in [5, 5.41) is 12.2. The zero-order valence-corrected chi connectivity index (χ0v) is 20.7. The molecule has 1 amide bonds. The molecule has 0 rings (SSSR count). The first-order valence-electron chi connectivity index (χ1n) is 12.6.